The van der Waals surface area contributed by atoms with Crippen molar-refractivity contribution in [2.75, 3.05) is 34.9 Å². The van der Waals surface area contributed by atoms with Crippen LogP contribution in [0.4, 0.5) is 13.2 Å². The highest BCUT2D eigenvalue weighted by Gasteiger charge is 2.40. The molecule has 0 aliphatic heterocycles. The molecule has 3 rings (SSSR count). The van der Waals surface area contributed by atoms with Gasteiger partial charge in [0.2, 0.25) is 11.6 Å². The van der Waals surface area contributed by atoms with Crippen molar-refractivity contribution in [3.05, 3.63) is 29.1 Å². The highest BCUT2D eigenvalue weighted by Crippen LogP contribution is 2.51. The van der Waals surface area contributed by atoms with Gasteiger partial charge in [0.1, 0.15) is 0 Å². The lowest BCUT2D eigenvalue weighted by molar-refractivity contribution is 0.285. The summed E-state index contributed by atoms with van der Waals surface area (Å²) in [5, 5.41) is 0. The minimum Gasteiger partial charge on any atom is -0.493 e. The number of ether oxygens (including phenoxy) is 2. The number of allylic oxidation sites excluding steroid dienone is 1. The second kappa shape index (κ2) is 6.90. The Hall–Kier alpha value is -1.69. The largest absolute Gasteiger partial charge is 0.493 e. The van der Waals surface area contributed by atoms with Crippen molar-refractivity contribution in [2.45, 2.75) is 19.3 Å². The van der Waals surface area contributed by atoms with Crippen molar-refractivity contribution < 1.29 is 22.6 Å². The summed E-state index contributed by atoms with van der Waals surface area (Å²) in [6.07, 6.45) is 5.19. The molecule has 3 unspecified atom stereocenters. The number of halogens is 3. The van der Waals surface area contributed by atoms with Crippen molar-refractivity contribution in [1.82, 2.24) is 4.90 Å². The molecule has 0 spiro atoms. The molecule has 138 valence electrons. The van der Waals surface area contributed by atoms with E-state index in [9.17, 15) is 8.78 Å². The van der Waals surface area contributed by atoms with Crippen LogP contribution in [0.15, 0.2) is 6.08 Å². The van der Waals surface area contributed by atoms with Crippen LogP contribution in [-0.4, -0.2) is 39.8 Å². The summed E-state index contributed by atoms with van der Waals surface area (Å²) in [4.78, 5) is 2.04. The van der Waals surface area contributed by atoms with Crippen LogP contribution >= 0.6 is 0 Å². The maximum atomic E-state index is 15.1. The summed E-state index contributed by atoms with van der Waals surface area (Å²) in [5.41, 5.74) is 0.709. The van der Waals surface area contributed by atoms with Gasteiger partial charge in [0.15, 0.2) is 17.3 Å². The molecule has 1 saturated carbocycles. The van der Waals surface area contributed by atoms with E-state index in [-0.39, 0.29) is 17.2 Å². The van der Waals surface area contributed by atoms with E-state index in [0.29, 0.717) is 24.0 Å². The fourth-order valence-corrected chi connectivity index (χ4v) is 4.36. The smallest absolute Gasteiger partial charge is 0.207 e. The second-order valence-corrected chi connectivity index (χ2v) is 7.21. The maximum Gasteiger partial charge on any atom is 0.207 e. The molecule has 0 aromatic heterocycles. The molecule has 1 fully saturated rings. The summed E-state index contributed by atoms with van der Waals surface area (Å²) in [7, 11) is 6.27. The average Bonchev–Trinajstić information content (AvgIpc) is 2.96. The summed E-state index contributed by atoms with van der Waals surface area (Å²) in [5.74, 6) is -3.73. The predicted molar refractivity (Wildman–Crippen MR) is 90.3 cm³/mol. The molecule has 2 bridgehead atoms. The quantitative estimate of drug-likeness (QED) is 0.742. The van der Waals surface area contributed by atoms with E-state index in [1.807, 2.05) is 25.1 Å². The maximum absolute atomic E-state index is 15.1. The molecule has 0 amide bonds. The molecule has 2 aliphatic carbocycles. The van der Waals surface area contributed by atoms with Crippen LogP contribution in [0.2, 0.25) is 0 Å². The van der Waals surface area contributed by atoms with Gasteiger partial charge in [-0.1, -0.05) is 6.08 Å². The van der Waals surface area contributed by atoms with Crippen LogP contribution in [0.3, 0.4) is 0 Å². The van der Waals surface area contributed by atoms with Gasteiger partial charge in [-0.15, -0.1) is 0 Å². The van der Waals surface area contributed by atoms with Gasteiger partial charge in [-0.05, 0) is 56.7 Å². The van der Waals surface area contributed by atoms with Crippen LogP contribution in [0.25, 0.3) is 5.57 Å². The number of hydrogen-bond donors (Lipinski definition) is 0. The summed E-state index contributed by atoms with van der Waals surface area (Å²) < 4.78 is 53.5. The van der Waals surface area contributed by atoms with E-state index >= 15 is 4.39 Å². The SMILES string of the molecule is COc1c(F)c(F)c(OC)c(C2=CC3CCC(C3)C2CN(C)C)c1F. The van der Waals surface area contributed by atoms with Gasteiger partial charge >= 0.3 is 0 Å². The van der Waals surface area contributed by atoms with Gasteiger partial charge in [-0.25, -0.2) is 4.39 Å². The van der Waals surface area contributed by atoms with Crippen LogP contribution in [0, 0.1) is 35.2 Å². The molecular weight excluding hydrogens is 331 g/mol. The zero-order chi connectivity index (χ0) is 18.3. The third kappa shape index (κ3) is 3.01. The van der Waals surface area contributed by atoms with Gasteiger partial charge in [0.25, 0.3) is 0 Å². The molecule has 0 saturated heterocycles. The van der Waals surface area contributed by atoms with E-state index in [1.165, 1.54) is 7.11 Å². The van der Waals surface area contributed by atoms with Crippen molar-refractivity contribution >= 4 is 5.57 Å². The summed E-state index contributed by atoms with van der Waals surface area (Å²) in [6.45, 7) is 0.715. The molecule has 6 heteroatoms. The zero-order valence-corrected chi connectivity index (χ0v) is 15.0. The molecule has 3 nitrogen and oxygen atoms in total. The van der Waals surface area contributed by atoms with Crippen LogP contribution in [-0.2, 0) is 0 Å². The van der Waals surface area contributed by atoms with E-state index in [1.54, 1.807) is 0 Å². The number of nitrogens with zero attached hydrogens (tertiary/aromatic N) is 1. The number of hydrogen-bond acceptors (Lipinski definition) is 3. The Labute approximate surface area is 146 Å². The van der Waals surface area contributed by atoms with Crippen molar-refractivity contribution in [2.24, 2.45) is 17.8 Å². The molecule has 0 heterocycles. The third-order valence-corrected chi connectivity index (χ3v) is 5.39. The lowest BCUT2D eigenvalue weighted by Gasteiger charge is -2.33. The standard InChI is InChI=1S/C19H24F3NO2/c1-23(2)9-13-11-6-5-10(7-11)8-12(13)14-15(20)19(25-4)17(22)16(21)18(14)24-3/h8,10-11,13H,5-7,9H2,1-4H3. The van der Waals surface area contributed by atoms with Crippen molar-refractivity contribution in [3.63, 3.8) is 0 Å². The molecule has 1 aromatic rings. The average molecular weight is 355 g/mol. The number of methoxy groups -OCH3 is 2. The van der Waals surface area contributed by atoms with E-state index in [0.717, 1.165) is 26.4 Å². The van der Waals surface area contributed by atoms with Gasteiger partial charge in [-0.3, -0.25) is 0 Å². The molecule has 0 N–H and O–H groups in total. The lowest BCUT2D eigenvalue weighted by atomic mass is 9.76. The second-order valence-electron chi connectivity index (χ2n) is 7.21. The first-order chi connectivity index (χ1) is 11.9. The Kier molecular flexibility index (Phi) is 5.00. The molecule has 2 aliphatic rings. The minimum atomic E-state index is -1.36. The Bertz CT molecular complexity index is 703. The Morgan fingerprint density at radius 3 is 2.24 bits per heavy atom. The third-order valence-electron chi connectivity index (χ3n) is 5.39. The van der Waals surface area contributed by atoms with Crippen molar-refractivity contribution in [3.8, 4) is 11.5 Å². The molecule has 0 radical (unpaired) electrons. The van der Waals surface area contributed by atoms with E-state index < -0.39 is 23.2 Å². The number of rotatable bonds is 5. The molecule has 25 heavy (non-hydrogen) atoms. The van der Waals surface area contributed by atoms with Gasteiger partial charge < -0.3 is 14.4 Å². The minimum absolute atomic E-state index is 0.00157. The first kappa shape index (κ1) is 18.1. The highest BCUT2D eigenvalue weighted by atomic mass is 19.2. The monoisotopic (exact) mass is 355 g/mol. The molecule has 3 atom stereocenters. The summed E-state index contributed by atoms with van der Waals surface area (Å²) >= 11 is 0. The molecule has 1 aromatic carbocycles. The number of benzene rings is 1. The first-order valence-electron chi connectivity index (χ1n) is 8.54. The zero-order valence-electron chi connectivity index (χ0n) is 15.0. The van der Waals surface area contributed by atoms with Crippen molar-refractivity contribution in [1.29, 1.82) is 0 Å². The Balaban J connectivity index is 2.21. The highest BCUT2D eigenvalue weighted by molar-refractivity contribution is 5.76. The van der Waals surface area contributed by atoms with Gasteiger partial charge in [0.05, 0.1) is 19.8 Å². The fraction of sp³-hybridized carbons (Fsp3) is 0.579. The predicted octanol–water partition coefficient (Wildman–Crippen LogP) is 4.11. The Morgan fingerprint density at radius 1 is 1.00 bits per heavy atom. The van der Waals surface area contributed by atoms with Crippen LogP contribution in [0.5, 0.6) is 11.5 Å². The van der Waals surface area contributed by atoms with E-state index in [4.69, 9.17) is 9.47 Å². The Morgan fingerprint density at radius 2 is 1.64 bits per heavy atom. The topological polar surface area (TPSA) is 21.7 Å². The molecular formula is C19H24F3NO2. The van der Waals surface area contributed by atoms with E-state index in [2.05, 4.69) is 0 Å². The summed E-state index contributed by atoms with van der Waals surface area (Å²) in [6, 6.07) is 0. The van der Waals surface area contributed by atoms with Crippen LogP contribution in [0.1, 0.15) is 24.8 Å². The normalized spacial score (nSPS) is 25.3. The van der Waals surface area contributed by atoms with Gasteiger partial charge in [0, 0.05) is 6.54 Å². The number of fused-ring (bicyclic) bond motifs is 2. The van der Waals surface area contributed by atoms with Gasteiger partial charge in [-0.2, -0.15) is 8.78 Å². The van der Waals surface area contributed by atoms with Crippen LogP contribution < -0.4 is 9.47 Å². The first-order valence-corrected chi connectivity index (χ1v) is 8.54. The lowest BCUT2D eigenvalue weighted by Crippen LogP contribution is -2.30. The fourth-order valence-electron chi connectivity index (χ4n) is 4.36.